The molecule has 0 saturated carbocycles. The van der Waals surface area contributed by atoms with Crippen molar-refractivity contribution in [2.75, 3.05) is 13.7 Å². The molecular formula is C20H19Cl2FN2O4. The van der Waals surface area contributed by atoms with E-state index in [-0.39, 0.29) is 24.7 Å². The van der Waals surface area contributed by atoms with Gasteiger partial charge in [-0.1, -0.05) is 29.3 Å². The molecule has 2 N–H and O–H groups in total. The van der Waals surface area contributed by atoms with Gasteiger partial charge in [0.2, 0.25) is 5.91 Å². The van der Waals surface area contributed by atoms with Crippen molar-refractivity contribution < 1.29 is 23.5 Å². The van der Waals surface area contributed by atoms with Crippen LogP contribution < -0.4 is 20.3 Å². The molecular weight excluding hydrogens is 422 g/mol. The lowest BCUT2D eigenvalue weighted by Crippen LogP contribution is -2.40. The molecule has 0 heterocycles. The summed E-state index contributed by atoms with van der Waals surface area (Å²) in [5, 5.41) is 0.890. The molecule has 2 rings (SSSR count). The first kappa shape index (κ1) is 22.5. The third kappa shape index (κ3) is 7.63. The van der Waals surface area contributed by atoms with Gasteiger partial charge in [-0.25, -0.2) is 4.39 Å². The second-order valence-corrected chi connectivity index (χ2v) is 6.64. The Morgan fingerprint density at radius 1 is 1.10 bits per heavy atom. The maximum atomic E-state index is 13.6. The van der Waals surface area contributed by atoms with E-state index in [0.717, 1.165) is 0 Å². The van der Waals surface area contributed by atoms with E-state index in [1.54, 1.807) is 24.3 Å². The van der Waals surface area contributed by atoms with Gasteiger partial charge >= 0.3 is 0 Å². The quantitative estimate of drug-likeness (QED) is 0.367. The standard InChI is InChI=1S/C20H19Cl2FN2O4/c1-28-18-7-4-13(11-16(18)23)5-9-20(27)25-24-19(26)3-2-10-29-17-8-6-14(21)12-15(17)22/h4-9,11-12H,2-3,10H2,1H3,(H,24,26)(H,25,27)/b9-5+. The van der Waals surface area contributed by atoms with Gasteiger partial charge in [-0.3, -0.25) is 20.4 Å². The van der Waals surface area contributed by atoms with Gasteiger partial charge in [-0.2, -0.15) is 0 Å². The summed E-state index contributed by atoms with van der Waals surface area (Å²) in [6, 6.07) is 9.14. The maximum absolute atomic E-state index is 13.6. The zero-order chi connectivity index (χ0) is 21.2. The molecule has 0 atom stereocenters. The predicted molar refractivity (Wildman–Crippen MR) is 109 cm³/mol. The Balaban J connectivity index is 1.67. The highest BCUT2D eigenvalue weighted by Crippen LogP contribution is 2.27. The number of ether oxygens (including phenoxy) is 2. The van der Waals surface area contributed by atoms with E-state index < -0.39 is 11.7 Å². The second kappa shape index (κ2) is 11.3. The first-order chi connectivity index (χ1) is 13.9. The Labute approximate surface area is 177 Å². The molecule has 0 radical (unpaired) electrons. The molecule has 0 aliphatic heterocycles. The average Bonchev–Trinajstić information content (AvgIpc) is 2.69. The van der Waals surface area contributed by atoms with E-state index in [0.29, 0.717) is 27.8 Å². The third-order valence-corrected chi connectivity index (χ3v) is 4.16. The largest absolute Gasteiger partial charge is 0.494 e. The van der Waals surface area contributed by atoms with Crippen LogP contribution in [-0.4, -0.2) is 25.5 Å². The van der Waals surface area contributed by atoms with Crippen molar-refractivity contribution in [3.05, 3.63) is 63.9 Å². The van der Waals surface area contributed by atoms with Crippen LogP contribution in [-0.2, 0) is 9.59 Å². The highest BCUT2D eigenvalue weighted by Gasteiger charge is 2.06. The van der Waals surface area contributed by atoms with Crippen LogP contribution in [0.2, 0.25) is 10.0 Å². The molecule has 0 bridgehead atoms. The lowest BCUT2D eigenvalue weighted by atomic mass is 10.2. The van der Waals surface area contributed by atoms with Crippen molar-refractivity contribution in [3.8, 4) is 11.5 Å². The number of methoxy groups -OCH3 is 1. The summed E-state index contributed by atoms with van der Waals surface area (Å²) in [6.45, 7) is 0.269. The summed E-state index contributed by atoms with van der Waals surface area (Å²) in [6.07, 6.45) is 3.14. The van der Waals surface area contributed by atoms with Crippen LogP contribution in [0.25, 0.3) is 6.08 Å². The second-order valence-electron chi connectivity index (χ2n) is 5.79. The van der Waals surface area contributed by atoms with E-state index >= 15 is 0 Å². The number of amides is 2. The molecule has 154 valence electrons. The Hall–Kier alpha value is -2.77. The molecule has 0 aliphatic rings. The van der Waals surface area contributed by atoms with Crippen LogP contribution in [0, 0.1) is 5.82 Å². The number of carbonyl (C=O) groups excluding carboxylic acids is 2. The molecule has 0 unspecified atom stereocenters. The van der Waals surface area contributed by atoms with Crippen LogP contribution in [0.15, 0.2) is 42.5 Å². The van der Waals surface area contributed by atoms with Gasteiger partial charge in [-0.15, -0.1) is 0 Å². The van der Waals surface area contributed by atoms with E-state index in [9.17, 15) is 14.0 Å². The van der Waals surface area contributed by atoms with Crippen molar-refractivity contribution in [2.24, 2.45) is 0 Å². The minimum atomic E-state index is -0.557. The third-order valence-electron chi connectivity index (χ3n) is 3.63. The fourth-order valence-electron chi connectivity index (χ4n) is 2.20. The normalized spacial score (nSPS) is 10.6. The Morgan fingerprint density at radius 2 is 1.86 bits per heavy atom. The van der Waals surface area contributed by atoms with E-state index in [2.05, 4.69) is 10.9 Å². The van der Waals surface area contributed by atoms with E-state index in [1.165, 1.54) is 31.4 Å². The minimum Gasteiger partial charge on any atom is -0.494 e. The molecule has 29 heavy (non-hydrogen) atoms. The molecule has 9 heteroatoms. The first-order valence-electron chi connectivity index (χ1n) is 8.57. The van der Waals surface area contributed by atoms with Gasteiger partial charge in [0.25, 0.3) is 5.91 Å². The monoisotopic (exact) mass is 440 g/mol. The molecule has 2 aromatic rings. The van der Waals surface area contributed by atoms with Crippen molar-refractivity contribution in [1.82, 2.24) is 10.9 Å². The highest BCUT2D eigenvalue weighted by molar-refractivity contribution is 6.35. The zero-order valence-electron chi connectivity index (χ0n) is 15.5. The molecule has 0 aromatic heterocycles. The van der Waals surface area contributed by atoms with Gasteiger partial charge < -0.3 is 9.47 Å². The van der Waals surface area contributed by atoms with Crippen molar-refractivity contribution in [1.29, 1.82) is 0 Å². The van der Waals surface area contributed by atoms with Crippen molar-refractivity contribution in [2.45, 2.75) is 12.8 Å². The Bertz CT molecular complexity index is 906. The zero-order valence-corrected chi connectivity index (χ0v) is 17.0. The van der Waals surface area contributed by atoms with Crippen LogP contribution in [0.3, 0.4) is 0 Å². The predicted octanol–water partition coefficient (Wildman–Crippen LogP) is 4.16. The van der Waals surface area contributed by atoms with Crippen LogP contribution in [0.5, 0.6) is 11.5 Å². The highest BCUT2D eigenvalue weighted by atomic mass is 35.5. The number of hydrogen-bond acceptors (Lipinski definition) is 4. The summed E-state index contributed by atoms with van der Waals surface area (Å²) >= 11 is 11.8. The van der Waals surface area contributed by atoms with Crippen LogP contribution in [0.4, 0.5) is 4.39 Å². The van der Waals surface area contributed by atoms with Gasteiger partial charge in [0.1, 0.15) is 5.75 Å². The molecule has 0 spiro atoms. The number of halogens is 3. The fraction of sp³-hybridized carbons (Fsp3) is 0.200. The SMILES string of the molecule is COc1ccc(/C=C/C(=O)NNC(=O)CCCOc2ccc(Cl)cc2Cl)cc1F. The molecule has 2 aromatic carbocycles. The number of rotatable bonds is 8. The number of carbonyl (C=O) groups is 2. The van der Waals surface area contributed by atoms with E-state index in [4.69, 9.17) is 32.7 Å². The lowest BCUT2D eigenvalue weighted by molar-refractivity contribution is -0.126. The fourth-order valence-corrected chi connectivity index (χ4v) is 2.66. The van der Waals surface area contributed by atoms with Crippen molar-refractivity contribution in [3.63, 3.8) is 0 Å². The van der Waals surface area contributed by atoms with Gasteiger partial charge in [0.05, 0.1) is 18.7 Å². The van der Waals surface area contributed by atoms with E-state index in [1.807, 2.05) is 0 Å². The van der Waals surface area contributed by atoms with Crippen molar-refractivity contribution >= 4 is 41.1 Å². The minimum absolute atomic E-state index is 0.112. The summed E-state index contributed by atoms with van der Waals surface area (Å²) in [5.74, 6) is -0.886. The average molecular weight is 441 g/mol. The van der Waals surface area contributed by atoms with Crippen LogP contribution >= 0.6 is 23.2 Å². The molecule has 2 amide bonds. The summed E-state index contributed by atoms with van der Waals surface area (Å²) in [5.41, 5.74) is 5.00. The van der Waals surface area contributed by atoms with Gasteiger partial charge in [0, 0.05) is 17.5 Å². The Kier molecular flexibility index (Phi) is 8.76. The number of hydrogen-bond donors (Lipinski definition) is 2. The summed E-state index contributed by atoms with van der Waals surface area (Å²) < 4.78 is 23.9. The van der Waals surface area contributed by atoms with Gasteiger partial charge in [0.15, 0.2) is 11.6 Å². The first-order valence-corrected chi connectivity index (χ1v) is 9.33. The molecule has 0 saturated heterocycles. The smallest absolute Gasteiger partial charge is 0.262 e. The maximum Gasteiger partial charge on any atom is 0.262 e. The summed E-state index contributed by atoms with van der Waals surface area (Å²) in [7, 11) is 1.36. The lowest BCUT2D eigenvalue weighted by Gasteiger charge is -2.08. The van der Waals surface area contributed by atoms with Gasteiger partial charge in [-0.05, 0) is 48.4 Å². The molecule has 6 nitrogen and oxygen atoms in total. The number of nitrogens with one attached hydrogen (secondary N) is 2. The number of hydrazine groups is 1. The Morgan fingerprint density at radius 3 is 2.55 bits per heavy atom. The molecule has 0 fully saturated rings. The van der Waals surface area contributed by atoms with Crippen LogP contribution in [0.1, 0.15) is 18.4 Å². The summed E-state index contributed by atoms with van der Waals surface area (Å²) in [4.78, 5) is 23.5. The molecule has 0 aliphatic carbocycles. The topological polar surface area (TPSA) is 76.7 Å². The number of benzene rings is 2.